The summed E-state index contributed by atoms with van der Waals surface area (Å²) in [6.45, 7) is 7.59. The lowest BCUT2D eigenvalue weighted by Gasteiger charge is -2.30. The molecule has 0 saturated carbocycles. The van der Waals surface area contributed by atoms with Crippen LogP contribution in [-0.4, -0.2) is 43.1 Å². The van der Waals surface area contributed by atoms with Gasteiger partial charge in [0.05, 0.1) is 6.61 Å². The molecule has 26 heavy (non-hydrogen) atoms. The zero-order chi connectivity index (χ0) is 18.7. The third kappa shape index (κ3) is 3.84. The lowest BCUT2D eigenvalue weighted by molar-refractivity contribution is -0.136. The molecule has 0 radical (unpaired) electrons. The molecule has 140 valence electrons. The smallest absolute Gasteiger partial charge is 0.375 e. The zero-order valence-corrected chi connectivity index (χ0v) is 15.5. The summed E-state index contributed by atoms with van der Waals surface area (Å²) < 4.78 is 16.3. The van der Waals surface area contributed by atoms with E-state index < -0.39 is 5.97 Å². The summed E-state index contributed by atoms with van der Waals surface area (Å²) in [5, 5.41) is 0.805. The van der Waals surface area contributed by atoms with Crippen LogP contribution in [0.3, 0.4) is 0 Å². The van der Waals surface area contributed by atoms with Crippen molar-refractivity contribution in [3.63, 3.8) is 0 Å². The van der Waals surface area contributed by atoms with Crippen molar-refractivity contribution in [2.45, 2.75) is 33.6 Å². The highest BCUT2D eigenvalue weighted by Crippen LogP contribution is 2.29. The van der Waals surface area contributed by atoms with Gasteiger partial charge in [0.1, 0.15) is 11.3 Å². The van der Waals surface area contributed by atoms with Crippen LogP contribution in [-0.2, 0) is 9.53 Å². The molecule has 1 fully saturated rings. The Hall–Kier alpha value is -2.50. The second kappa shape index (κ2) is 7.81. The lowest BCUT2D eigenvalue weighted by atomic mass is 10.0. The molecule has 1 atom stereocenters. The maximum absolute atomic E-state index is 12.4. The number of benzene rings is 1. The topological polar surface area (TPSA) is 69.0 Å². The molecular weight excluding hydrogens is 334 g/mol. The van der Waals surface area contributed by atoms with Gasteiger partial charge in [-0.1, -0.05) is 6.92 Å². The summed E-state index contributed by atoms with van der Waals surface area (Å²) in [5.74, 6) is 0.569. The van der Waals surface area contributed by atoms with Gasteiger partial charge in [-0.3, -0.25) is 4.79 Å². The second-order valence-electron chi connectivity index (χ2n) is 6.81. The summed E-state index contributed by atoms with van der Waals surface area (Å²) in [7, 11) is 0. The number of carbonyl (C=O) groups is 2. The van der Waals surface area contributed by atoms with Gasteiger partial charge in [0.25, 0.3) is 5.91 Å². The fourth-order valence-corrected chi connectivity index (χ4v) is 3.35. The van der Waals surface area contributed by atoms with Crippen LogP contribution in [0.15, 0.2) is 22.6 Å². The van der Waals surface area contributed by atoms with Crippen LogP contribution in [0.1, 0.15) is 42.8 Å². The Kier molecular flexibility index (Phi) is 5.49. The fourth-order valence-electron chi connectivity index (χ4n) is 3.35. The van der Waals surface area contributed by atoms with Crippen molar-refractivity contribution in [3.05, 3.63) is 29.5 Å². The Bertz CT molecular complexity index is 810. The highest BCUT2D eigenvalue weighted by molar-refractivity contribution is 5.97. The van der Waals surface area contributed by atoms with E-state index in [1.807, 2.05) is 13.0 Å². The number of ether oxygens (including phenoxy) is 2. The van der Waals surface area contributed by atoms with Crippen LogP contribution in [0.5, 0.6) is 5.75 Å². The summed E-state index contributed by atoms with van der Waals surface area (Å²) >= 11 is 0. The third-order valence-corrected chi connectivity index (χ3v) is 4.74. The molecule has 1 amide bonds. The number of carbonyl (C=O) groups excluding carboxylic acids is 2. The molecule has 0 N–H and O–H groups in total. The maximum atomic E-state index is 12.4. The monoisotopic (exact) mass is 359 g/mol. The van der Waals surface area contributed by atoms with Crippen molar-refractivity contribution in [2.24, 2.45) is 5.92 Å². The molecule has 1 aliphatic rings. The minimum Gasteiger partial charge on any atom is -0.494 e. The fraction of sp³-hybridized carbons (Fsp3) is 0.500. The second-order valence-corrected chi connectivity index (χ2v) is 6.81. The van der Waals surface area contributed by atoms with Crippen LogP contribution in [0.25, 0.3) is 11.0 Å². The minimum absolute atomic E-state index is 0.133. The molecule has 1 aromatic heterocycles. The Balaban J connectivity index is 1.67. The summed E-state index contributed by atoms with van der Waals surface area (Å²) in [5.41, 5.74) is 1.28. The van der Waals surface area contributed by atoms with Gasteiger partial charge in [-0.05, 0) is 50.8 Å². The normalized spacial score (nSPS) is 17.3. The number of furan rings is 1. The summed E-state index contributed by atoms with van der Waals surface area (Å²) in [6, 6.07) is 5.41. The van der Waals surface area contributed by atoms with Gasteiger partial charge in [-0.25, -0.2) is 4.79 Å². The number of rotatable bonds is 5. The highest BCUT2D eigenvalue weighted by Gasteiger charge is 2.24. The van der Waals surface area contributed by atoms with E-state index in [1.54, 1.807) is 24.0 Å². The van der Waals surface area contributed by atoms with Crippen LogP contribution in [0.4, 0.5) is 0 Å². The van der Waals surface area contributed by atoms with Gasteiger partial charge < -0.3 is 18.8 Å². The van der Waals surface area contributed by atoms with Crippen molar-refractivity contribution in [2.75, 3.05) is 26.3 Å². The van der Waals surface area contributed by atoms with Crippen molar-refractivity contribution < 1.29 is 23.5 Å². The largest absolute Gasteiger partial charge is 0.494 e. The standard InChI is InChI=1S/C20H25NO5/c1-4-24-15-7-8-17-16(10-15)14(3)19(26-17)20(23)25-12-18(22)21-9-5-6-13(2)11-21/h7-8,10,13H,4-6,9,11-12H2,1-3H3/t13-/m1/s1. The first-order chi connectivity index (χ1) is 12.5. The molecule has 6 nitrogen and oxygen atoms in total. The number of nitrogens with zero attached hydrogens (tertiary/aromatic N) is 1. The number of piperidine rings is 1. The first-order valence-electron chi connectivity index (χ1n) is 9.10. The van der Waals surface area contributed by atoms with Gasteiger partial charge in [-0.2, -0.15) is 0 Å². The number of amides is 1. The number of aryl methyl sites for hydroxylation is 1. The predicted octanol–water partition coefficient (Wildman–Crippen LogP) is 3.56. The van der Waals surface area contributed by atoms with E-state index in [9.17, 15) is 9.59 Å². The first kappa shape index (κ1) is 18.3. The molecule has 0 unspecified atom stereocenters. The van der Waals surface area contributed by atoms with Crippen LogP contribution in [0, 0.1) is 12.8 Å². The summed E-state index contributed by atoms with van der Waals surface area (Å²) in [4.78, 5) is 26.4. The molecule has 6 heteroatoms. The number of fused-ring (bicyclic) bond motifs is 1. The maximum Gasteiger partial charge on any atom is 0.375 e. The van der Waals surface area contributed by atoms with E-state index in [1.165, 1.54) is 0 Å². The Morgan fingerprint density at radius 2 is 2.15 bits per heavy atom. The molecule has 0 aliphatic carbocycles. The molecular formula is C20H25NO5. The van der Waals surface area contributed by atoms with Gasteiger partial charge >= 0.3 is 5.97 Å². The number of hydrogen-bond acceptors (Lipinski definition) is 5. The molecule has 1 saturated heterocycles. The van der Waals surface area contributed by atoms with E-state index >= 15 is 0 Å². The molecule has 2 heterocycles. The molecule has 0 spiro atoms. The molecule has 3 rings (SSSR count). The van der Waals surface area contributed by atoms with Crippen molar-refractivity contribution in [3.8, 4) is 5.75 Å². The average Bonchev–Trinajstić information content (AvgIpc) is 2.96. The van der Waals surface area contributed by atoms with Crippen LogP contribution >= 0.6 is 0 Å². The van der Waals surface area contributed by atoms with Crippen LogP contribution in [0.2, 0.25) is 0 Å². The van der Waals surface area contributed by atoms with Gasteiger partial charge in [0.2, 0.25) is 5.76 Å². The third-order valence-electron chi connectivity index (χ3n) is 4.74. The van der Waals surface area contributed by atoms with E-state index in [0.717, 1.165) is 37.1 Å². The SMILES string of the molecule is CCOc1ccc2oc(C(=O)OCC(=O)N3CCC[C@@H](C)C3)c(C)c2c1. The number of esters is 1. The van der Waals surface area contributed by atoms with Gasteiger partial charge in [0.15, 0.2) is 6.61 Å². The van der Waals surface area contributed by atoms with Crippen molar-refractivity contribution in [1.29, 1.82) is 0 Å². The zero-order valence-electron chi connectivity index (χ0n) is 15.5. The highest BCUT2D eigenvalue weighted by atomic mass is 16.5. The number of hydrogen-bond donors (Lipinski definition) is 0. The van der Waals surface area contributed by atoms with E-state index in [4.69, 9.17) is 13.9 Å². The molecule has 1 aromatic carbocycles. The van der Waals surface area contributed by atoms with E-state index in [0.29, 0.717) is 23.7 Å². The predicted molar refractivity (Wildman–Crippen MR) is 97.4 cm³/mol. The Morgan fingerprint density at radius 1 is 1.35 bits per heavy atom. The first-order valence-corrected chi connectivity index (χ1v) is 9.10. The minimum atomic E-state index is -0.616. The molecule has 1 aliphatic heterocycles. The van der Waals surface area contributed by atoms with Gasteiger partial charge in [0, 0.05) is 24.0 Å². The summed E-state index contributed by atoms with van der Waals surface area (Å²) in [6.07, 6.45) is 2.12. The number of likely N-dealkylation sites (tertiary alicyclic amines) is 1. The Morgan fingerprint density at radius 3 is 2.88 bits per heavy atom. The quantitative estimate of drug-likeness (QED) is 0.764. The average molecular weight is 359 g/mol. The lowest BCUT2D eigenvalue weighted by Crippen LogP contribution is -2.41. The Labute approximate surface area is 153 Å². The van der Waals surface area contributed by atoms with Gasteiger partial charge in [-0.15, -0.1) is 0 Å². The van der Waals surface area contributed by atoms with E-state index in [-0.39, 0.29) is 18.3 Å². The molecule has 2 aromatic rings. The van der Waals surface area contributed by atoms with Crippen molar-refractivity contribution >= 4 is 22.8 Å². The molecule has 0 bridgehead atoms. The van der Waals surface area contributed by atoms with Crippen molar-refractivity contribution in [1.82, 2.24) is 4.90 Å². The van der Waals surface area contributed by atoms with Crippen LogP contribution < -0.4 is 4.74 Å². The van der Waals surface area contributed by atoms with E-state index in [2.05, 4.69) is 6.92 Å².